The fourth-order valence-corrected chi connectivity index (χ4v) is 2.10. The zero-order chi connectivity index (χ0) is 15.3. The van der Waals surface area contributed by atoms with Crippen molar-refractivity contribution >= 4 is 12.0 Å². The summed E-state index contributed by atoms with van der Waals surface area (Å²) in [6.07, 6.45) is 2.48. The maximum absolute atomic E-state index is 12.0. The minimum Gasteiger partial charge on any atom is -0.481 e. The number of rotatable bonds is 8. The zero-order valence-corrected chi connectivity index (χ0v) is 12.9. The van der Waals surface area contributed by atoms with Crippen LogP contribution in [0.4, 0.5) is 4.79 Å². The third kappa shape index (κ3) is 5.00. The molecule has 2 N–H and O–H groups in total. The van der Waals surface area contributed by atoms with E-state index in [1.807, 2.05) is 6.92 Å². The van der Waals surface area contributed by atoms with Crippen LogP contribution in [-0.4, -0.2) is 65.7 Å². The van der Waals surface area contributed by atoms with Gasteiger partial charge >= 0.3 is 12.0 Å². The Kier molecular flexibility index (Phi) is 6.26. The van der Waals surface area contributed by atoms with Gasteiger partial charge in [-0.15, -0.1) is 0 Å². The van der Waals surface area contributed by atoms with Crippen molar-refractivity contribution in [1.29, 1.82) is 0 Å². The number of carbonyl (C=O) groups is 2. The lowest BCUT2D eigenvalue weighted by Crippen LogP contribution is -2.47. The van der Waals surface area contributed by atoms with Crippen molar-refractivity contribution in [2.24, 2.45) is 5.92 Å². The molecule has 0 bridgehead atoms. The third-order valence-corrected chi connectivity index (χ3v) is 3.95. The van der Waals surface area contributed by atoms with Crippen LogP contribution in [0.5, 0.6) is 0 Å². The van der Waals surface area contributed by atoms with E-state index < -0.39 is 11.9 Å². The maximum Gasteiger partial charge on any atom is 0.317 e. The number of hydrogen-bond acceptors (Lipinski definition) is 3. The fraction of sp³-hybridized carbons (Fsp3) is 0.857. The van der Waals surface area contributed by atoms with Gasteiger partial charge in [0, 0.05) is 31.7 Å². The first-order chi connectivity index (χ1) is 9.36. The number of nitrogens with zero attached hydrogens (tertiary/aromatic N) is 2. The number of aliphatic carboxylic acids is 1. The number of nitrogens with one attached hydrogen (secondary N) is 1. The molecule has 0 saturated heterocycles. The predicted octanol–water partition coefficient (Wildman–Crippen LogP) is 1.22. The summed E-state index contributed by atoms with van der Waals surface area (Å²) in [4.78, 5) is 26.7. The lowest BCUT2D eigenvalue weighted by Gasteiger charge is -2.27. The molecule has 1 rings (SSSR count). The molecule has 0 aromatic carbocycles. The second kappa shape index (κ2) is 7.47. The molecule has 0 spiro atoms. The van der Waals surface area contributed by atoms with Crippen molar-refractivity contribution in [2.75, 3.05) is 26.7 Å². The molecule has 1 fully saturated rings. The van der Waals surface area contributed by atoms with Crippen LogP contribution in [0, 0.1) is 5.92 Å². The molecule has 0 aromatic rings. The molecule has 116 valence electrons. The average molecular weight is 285 g/mol. The highest BCUT2D eigenvalue weighted by atomic mass is 16.4. The van der Waals surface area contributed by atoms with Gasteiger partial charge in [0.1, 0.15) is 0 Å². The Hall–Kier alpha value is -1.30. The van der Waals surface area contributed by atoms with E-state index in [1.165, 1.54) is 12.8 Å². The van der Waals surface area contributed by atoms with Crippen LogP contribution in [0.2, 0.25) is 0 Å². The summed E-state index contributed by atoms with van der Waals surface area (Å²) in [7, 11) is 2.08. The maximum atomic E-state index is 12.0. The zero-order valence-electron chi connectivity index (χ0n) is 12.9. The number of amides is 2. The highest BCUT2D eigenvalue weighted by Crippen LogP contribution is 2.26. The van der Waals surface area contributed by atoms with Crippen LogP contribution in [0.25, 0.3) is 0 Å². The summed E-state index contributed by atoms with van der Waals surface area (Å²) in [5.41, 5.74) is 0. The lowest BCUT2D eigenvalue weighted by atomic mass is 10.2. The minimum absolute atomic E-state index is 0.184. The number of carboxylic acids is 1. The van der Waals surface area contributed by atoms with E-state index in [9.17, 15) is 9.59 Å². The van der Waals surface area contributed by atoms with Crippen LogP contribution in [0.15, 0.2) is 0 Å². The van der Waals surface area contributed by atoms with Crippen molar-refractivity contribution in [3.63, 3.8) is 0 Å². The van der Waals surface area contributed by atoms with Crippen molar-refractivity contribution in [3.05, 3.63) is 0 Å². The molecule has 1 aliphatic rings. The second-order valence-corrected chi connectivity index (χ2v) is 5.71. The molecule has 1 saturated carbocycles. The van der Waals surface area contributed by atoms with Gasteiger partial charge in [0.2, 0.25) is 0 Å². The largest absolute Gasteiger partial charge is 0.481 e. The topological polar surface area (TPSA) is 72.9 Å². The Morgan fingerprint density at radius 1 is 1.35 bits per heavy atom. The highest BCUT2D eigenvalue weighted by Gasteiger charge is 2.29. The Balaban J connectivity index is 2.36. The van der Waals surface area contributed by atoms with Gasteiger partial charge in [-0.1, -0.05) is 6.92 Å². The van der Waals surface area contributed by atoms with Gasteiger partial charge in [0.25, 0.3) is 0 Å². The first-order valence-electron chi connectivity index (χ1n) is 7.34. The van der Waals surface area contributed by atoms with E-state index in [4.69, 9.17) is 5.11 Å². The van der Waals surface area contributed by atoms with Crippen molar-refractivity contribution in [2.45, 2.75) is 45.7 Å². The second-order valence-electron chi connectivity index (χ2n) is 5.71. The van der Waals surface area contributed by atoms with Crippen LogP contribution in [-0.2, 0) is 4.79 Å². The Bertz CT molecular complexity index is 345. The highest BCUT2D eigenvalue weighted by molar-refractivity contribution is 5.75. The molecule has 0 aromatic heterocycles. The summed E-state index contributed by atoms with van der Waals surface area (Å²) in [5, 5.41) is 11.8. The molecule has 2 amide bonds. The van der Waals surface area contributed by atoms with Gasteiger partial charge in [0.05, 0.1) is 5.92 Å². The van der Waals surface area contributed by atoms with E-state index in [1.54, 1.807) is 11.8 Å². The molecule has 6 nitrogen and oxygen atoms in total. The number of carbonyl (C=O) groups excluding carboxylic acids is 1. The molecule has 2 atom stereocenters. The summed E-state index contributed by atoms with van der Waals surface area (Å²) < 4.78 is 0. The first-order valence-corrected chi connectivity index (χ1v) is 7.34. The molecule has 0 radical (unpaired) electrons. The van der Waals surface area contributed by atoms with E-state index in [0.29, 0.717) is 25.2 Å². The Morgan fingerprint density at radius 3 is 2.40 bits per heavy atom. The number of hydrogen-bond donors (Lipinski definition) is 2. The van der Waals surface area contributed by atoms with Gasteiger partial charge in [-0.2, -0.15) is 0 Å². The van der Waals surface area contributed by atoms with Crippen LogP contribution < -0.4 is 5.32 Å². The smallest absolute Gasteiger partial charge is 0.317 e. The number of likely N-dealkylation sites (N-methyl/N-ethyl adjacent to an activating group) is 1. The van der Waals surface area contributed by atoms with E-state index in [-0.39, 0.29) is 12.6 Å². The van der Waals surface area contributed by atoms with Crippen LogP contribution >= 0.6 is 0 Å². The minimum atomic E-state index is -0.877. The monoisotopic (exact) mass is 285 g/mol. The molecule has 0 heterocycles. The van der Waals surface area contributed by atoms with Crippen LogP contribution in [0.1, 0.15) is 33.6 Å². The molecule has 0 aliphatic heterocycles. The quantitative estimate of drug-likeness (QED) is 0.703. The van der Waals surface area contributed by atoms with Crippen molar-refractivity contribution in [3.8, 4) is 0 Å². The van der Waals surface area contributed by atoms with Gasteiger partial charge in [-0.05, 0) is 33.7 Å². The Morgan fingerprint density at radius 2 is 1.95 bits per heavy atom. The van der Waals surface area contributed by atoms with Gasteiger partial charge in [0.15, 0.2) is 0 Å². The van der Waals surface area contributed by atoms with Crippen molar-refractivity contribution < 1.29 is 14.7 Å². The van der Waals surface area contributed by atoms with E-state index in [2.05, 4.69) is 24.2 Å². The molecule has 2 unspecified atom stereocenters. The summed E-state index contributed by atoms with van der Waals surface area (Å²) >= 11 is 0. The predicted molar refractivity (Wildman–Crippen MR) is 77.7 cm³/mol. The van der Waals surface area contributed by atoms with Gasteiger partial charge in [-0.25, -0.2) is 4.79 Å². The molecular weight excluding hydrogens is 258 g/mol. The lowest BCUT2D eigenvalue weighted by molar-refractivity contribution is -0.141. The van der Waals surface area contributed by atoms with Gasteiger partial charge < -0.3 is 15.3 Å². The number of carboxylic acid groups (broad SMARTS) is 1. The first kappa shape index (κ1) is 16.8. The van der Waals surface area contributed by atoms with Crippen molar-refractivity contribution in [1.82, 2.24) is 15.1 Å². The number of urea groups is 1. The van der Waals surface area contributed by atoms with E-state index in [0.717, 1.165) is 0 Å². The summed E-state index contributed by atoms with van der Waals surface area (Å²) in [6.45, 7) is 6.90. The summed E-state index contributed by atoms with van der Waals surface area (Å²) in [5.74, 6) is -1.43. The third-order valence-electron chi connectivity index (χ3n) is 3.95. The molecule has 20 heavy (non-hydrogen) atoms. The van der Waals surface area contributed by atoms with E-state index >= 15 is 0 Å². The normalized spacial score (nSPS) is 17.6. The standard InChI is InChI=1S/C14H27N3O3/c1-5-17(9-10(2)13(18)19)14(20)15-8-11(3)16(4)12-6-7-12/h10-12H,5-9H2,1-4H3,(H,15,20)(H,18,19). The van der Waals surface area contributed by atoms with Crippen LogP contribution in [0.3, 0.4) is 0 Å². The fourth-order valence-electron chi connectivity index (χ4n) is 2.10. The molecular formula is C14H27N3O3. The summed E-state index contributed by atoms with van der Waals surface area (Å²) in [6, 6.07) is 0.773. The SMILES string of the molecule is CCN(CC(C)C(=O)O)C(=O)NCC(C)N(C)C1CC1. The molecule has 6 heteroatoms. The molecule has 1 aliphatic carbocycles. The average Bonchev–Trinajstić information content (AvgIpc) is 3.24. The van der Waals surface area contributed by atoms with Gasteiger partial charge in [-0.3, -0.25) is 9.69 Å². The Labute approximate surface area is 121 Å².